The van der Waals surface area contributed by atoms with E-state index < -0.39 is 0 Å². The molecule has 0 aliphatic carbocycles. The third-order valence-electron chi connectivity index (χ3n) is 7.16. The van der Waals surface area contributed by atoms with E-state index in [0.717, 1.165) is 60.2 Å². The molecule has 7 nitrogen and oxygen atoms in total. The van der Waals surface area contributed by atoms with E-state index >= 15 is 0 Å². The number of aryl methyl sites for hydroxylation is 2. The van der Waals surface area contributed by atoms with Crippen molar-refractivity contribution in [3.8, 4) is 23.0 Å². The SMILES string of the molecule is C/C(=N\O)c1ccc2c(c1)CCc1c(O)cc(O)cc1S2.CC(=O)c1ccc2c(c1)CCc1c(O)cc(O)cc1S2. The van der Waals surface area contributed by atoms with Crippen LogP contribution in [-0.2, 0) is 25.7 Å². The summed E-state index contributed by atoms with van der Waals surface area (Å²) in [5.41, 5.74) is 6.15. The first kappa shape index (κ1) is 28.4. The van der Waals surface area contributed by atoms with Gasteiger partial charge in [0.05, 0.1) is 5.71 Å². The molecule has 4 aromatic carbocycles. The zero-order valence-corrected chi connectivity index (χ0v) is 24.1. The van der Waals surface area contributed by atoms with E-state index in [9.17, 15) is 25.2 Å². The molecule has 2 heterocycles. The van der Waals surface area contributed by atoms with Crippen LogP contribution in [0.3, 0.4) is 0 Å². The lowest BCUT2D eigenvalue weighted by Gasteiger charge is -2.08. The highest BCUT2D eigenvalue weighted by atomic mass is 32.2. The molecule has 0 saturated heterocycles. The molecule has 0 amide bonds. The van der Waals surface area contributed by atoms with Crippen molar-refractivity contribution in [3.63, 3.8) is 0 Å². The van der Waals surface area contributed by atoms with E-state index in [0.29, 0.717) is 24.1 Å². The van der Waals surface area contributed by atoms with Gasteiger partial charge in [-0.3, -0.25) is 4.79 Å². The Hall–Kier alpha value is -4.08. The van der Waals surface area contributed by atoms with Crippen molar-refractivity contribution in [3.05, 3.63) is 94.0 Å². The molecule has 6 rings (SSSR count). The number of fused-ring (bicyclic) bond motifs is 4. The van der Waals surface area contributed by atoms with Crippen LogP contribution in [0.15, 0.2) is 85.4 Å². The molecular weight excluding hydrogens is 558 g/mol. The summed E-state index contributed by atoms with van der Waals surface area (Å²) in [6, 6.07) is 17.7. The normalized spacial score (nSPS) is 13.8. The van der Waals surface area contributed by atoms with E-state index in [1.165, 1.54) is 35.7 Å². The molecule has 210 valence electrons. The fourth-order valence-corrected chi connectivity index (χ4v) is 7.27. The molecule has 0 fully saturated rings. The molecule has 9 heteroatoms. The third-order valence-corrected chi connectivity index (χ3v) is 9.57. The Morgan fingerprint density at radius 3 is 1.56 bits per heavy atom. The van der Waals surface area contributed by atoms with Crippen LogP contribution in [0.2, 0.25) is 0 Å². The van der Waals surface area contributed by atoms with Gasteiger partial charge in [-0.05, 0) is 92.6 Å². The molecule has 0 bridgehead atoms. The Kier molecular flexibility index (Phi) is 8.19. The molecule has 0 atom stereocenters. The molecule has 4 aromatic rings. The molecule has 5 N–H and O–H groups in total. The second-order valence-electron chi connectivity index (χ2n) is 9.97. The van der Waals surface area contributed by atoms with Crippen LogP contribution in [0.25, 0.3) is 0 Å². The summed E-state index contributed by atoms with van der Waals surface area (Å²) in [7, 11) is 0. The maximum absolute atomic E-state index is 11.5. The predicted octanol–water partition coefficient (Wildman–Crippen LogP) is 7.10. The average Bonchev–Trinajstić information content (AvgIpc) is 3.23. The minimum absolute atomic E-state index is 0.0556. The number of ketones is 1. The number of nitrogens with zero attached hydrogens (tertiary/aromatic N) is 1. The fourth-order valence-electron chi connectivity index (χ4n) is 4.92. The van der Waals surface area contributed by atoms with Gasteiger partial charge < -0.3 is 25.6 Å². The Morgan fingerprint density at radius 1 is 0.634 bits per heavy atom. The van der Waals surface area contributed by atoms with Crippen molar-refractivity contribution in [2.75, 3.05) is 0 Å². The quantitative estimate of drug-likeness (QED) is 0.0727. The number of rotatable bonds is 2. The lowest BCUT2D eigenvalue weighted by Crippen LogP contribution is -1.98. The van der Waals surface area contributed by atoms with E-state index in [4.69, 9.17) is 5.21 Å². The lowest BCUT2D eigenvalue weighted by atomic mass is 10.0. The summed E-state index contributed by atoms with van der Waals surface area (Å²) >= 11 is 3.06. The number of carbonyl (C=O) groups is 1. The number of carbonyl (C=O) groups excluding carboxylic acids is 1. The van der Waals surface area contributed by atoms with Gasteiger partial charge in [0, 0.05) is 48.4 Å². The zero-order valence-electron chi connectivity index (χ0n) is 22.5. The summed E-state index contributed by atoms with van der Waals surface area (Å²) in [6.45, 7) is 3.31. The summed E-state index contributed by atoms with van der Waals surface area (Å²) in [4.78, 5) is 15.4. The molecule has 0 spiro atoms. The monoisotopic (exact) mass is 587 g/mol. The van der Waals surface area contributed by atoms with Gasteiger partial charge >= 0.3 is 0 Å². The zero-order chi connectivity index (χ0) is 29.3. The molecule has 0 unspecified atom stereocenters. The van der Waals surface area contributed by atoms with Crippen molar-refractivity contribution in [2.45, 2.75) is 59.1 Å². The van der Waals surface area contributed by atoms with Gasteiger partial charge in [-0.15, -0.1) is 0 Å². The van der Waals surface area contributed by atoms with Gasteiger partial charge in [0.15, 0.2) is 5.78 Å². The van der Waals surface area contributed by atoms with Gasteiger partial charge in [0.1, 0.15) is 23.0 Å². The average molecular weight is 588 g/mol. The molecular formula is C32H29NO6S2. The number of Topliss-reactive ketones (excluding diaryl/α,β-unsaturated/α-hetero) is 1. The standard InChI is InChI=1S/C16H15NO3S.C16H14O3S/c1-9(17-20)10-3-5-15-11(6-10)2-4-13-14(19)7-12(18)8-16(13)21-15;1-9(17)10-3-5-15-11(6-10)2-4-13-14(19)7-12(18)8-16(13)20-15/h3,5-8,18-20H,2,4H2,1H3;3,5-8,18-19H,2,4H2,1H3/b17-9+;. The highest BCUT2D eigenvalue weighted by Gasteiger charge is 2.20. The molecule has 2 aliphatic rings. The van der Waals surface area contributed by atoms with Crippen LogP contribution < -0.4 is 0 Å². The van der Waals surface area contributed by atoms with Crippen LogP contribution in [0.1, 0.15) is 52.0 Å². The highest BCUT2D eigenvalue weighted by Crippen LogP contribution is 2.43. The topological polar surface area (TPSA) is 131 Å². The van der Waals surface area contributed by atoms with Gasteiger partial charge in [-0.1, -0.05) is 40.8 Å². The summed E-state index contributed by atoms with van der Waals surface area (Å²) in [5, 5.41) is 51.3. The van der Waals surface area contributed by atoms with E-state index in [1.54, 1.807) is 26.0 Å². The van der Waals surface area contributed by atoms with Crippen LogP contribution >= 0.6 is 23.5 Å². The summed E-state index contributed by atoms with van der Waals surface area (Å²) in [6.07, 6.45) is 2.97. The Bertz CT molecular complexity index is 1700. The van der Waals surface area contributed by atoms with Crippen molar-refractivity contribution >= 4 is 35.0 Å². The van der Waals surface area contributed by atoms with Crippen LogP contribution in [0.4, 0.5) is 0 Å². The van der Waals surface area contributed by atoms with Crippen LogP contribution in [0.5, 0.6) is 23.0 Å². The minimum Gasteiger partial charge on any atom is -0.508 e. The van der Waals surface area contributed by atoms with Crippen molar-refractivity contribution in [1.29, 1.82) is 0 Å². The van der Waals surface area contributed by atoms with E-state index in [1.807, 2.05) is 36.4 Å². The number of phenols is 4. The first-order valence-electron chi connectivity index (χ1n) is 13.0. The Labute approximate surface area is 246 Å². The number of phenolic OH excluding ortho intramolecular Hbond substituents is 4. The number of hydrogen-bond donors (Lipinski definition) is 5. The third kappa shape index (κ3) is 6.16. The van der Waals surface area contributed by atoms with E-state index in [-0.39, 0.29) is 28.8 Å². The van der Waals surface area contributed by atoms with Gasteiger partial charge in [-0.25, -0.2) is 0 Å². The first-order valence-corrected chi connectivity index (χ1v) is 14.7. The van der Waals surface area contributed by atoms with Gasteiger partial charge in [-0.2, -0.15) is 0 Å². The first-order chi connectivity index (χ1) is 19.6. The van der Waals surface area contributed by atoms with Crippen molar-refractivity contribution in [1.82, 2.24) is 0 Å². The second-order valence-corrected chi connectivity index (χ2v) is 12.1. The number of oxime groups is 1. The van der Waals surface area contributed by atoms with Gasteiger partial charge in [0.2, 0.25) is 0 Å². The van der Waals surface area contributed by atoms with Crippen LogP contribution in [0, 0.1) is 0 Å². The minimum atomic E-state index is 0.0556. The second kappa shape index (κ2) is 11.8. The predicted molar refractivity (Wildman–Crippen MR) is 159 cm³/mol. The highest BCUT2D eigenvalue weighted by molar-refractivity contribution is 7.99. The van der Waals surface area contributed by atoms with Crippen molar-refractivity contribution < 1.29 is 30.4 Å². The smallest absolute Gasteiger partial charge is 0.159 e. The maximum atomic E-state index is 11.5. The van der Waals surface area contributed by atoms with E-state index in [2.05, 4.69) is 5.16 Å². The maximum Gasteiger partial charge on any atom is 0.159 e. The number of aromatic hydroxyl groups is 4. The molecule has 41 heavy (non-hydrogen) atoms. The molecule has 2 aliphatic heterocycles. The Morgan fingerprint density at radius 2 is 1.10 bits per heavy atom. The molecule has 0 saturated carbocycles. The number of benzene rings is 4. The summed E-state index contributed by atoms with van der Waals surface area (Å²) < 4.78 is 0. The van der Waals surface area contributed by atoms with Crippen LogP contribution in [-0.4, -0.2) is 37.1 Å². The fraction of sp³-hybridized carbons (Fsp3) is 0.188. The van der Waals surface area contributed by atoms with Crippen molar-refractivity contribution in [2.24, 2.45) is 5.16 Å². The Balaban J connectivity index is 0.000000165. The largest absolute Gasteiger partial charge is 0.508 e. The van der Waals surface area contributed by atoms with Gasteiger partial charge in [0.25, 0.3) is 0 Å². The summed E-state index contributed by atoms with van der Waals surface area (Å²) in [5.74, 6) is 0.463. The lowest BCUT2D eigenvalue weighted by molar-refractivity contribution is 0.101. The molecule has 0 radical (unpaired) electrons. The number of hydrogen-bond acceptors (Lipinski definition) is 9. The molecule has 0 aromatic heterocycles.